The molecule has 5 nitrogen and oxygen atoms in total. The van der Waals surface area contributed by atoms with Crippen molar-refractivity contribution < 1.29 is 0 Å². The molecule has 0 saturated carbocycles. The van der Waals surface area contributed by atoms with E-state index < -0.39 is 0 Å². The van der Waals surface area contributed by atoms with E-state index in [0.717, 1.165) is 50.2 Å². The van der Waals surface area contributed by atoms with Gasteiger partial charge in [-0.1, -0.05) is 146 Å². The van der Waals surface area contributed by atoms with Crippen LogP contribution in [-0.4, -0.2) is 24.1 Å². The van der Waals surface area contributed by atoms with Crippen molar-refractivity contribution in [3.8, 4) is 56.7 Å². The van der Waals surface area contributed by atoms with Gasteiger partial charge in [0.15, 0.2) is 17.5 Å². The molecule has 0 aliphatic carbocycles. The van der Waals surface area contributed by atoms with E-state index in [2.05, 4.69) is 149 Å². The highest BCUT2D eigenvalue weighted by atomic mass is 15.0. The highest BCUT2D eigenvalue weighted by Gasteiger charge is 2.21. The van der Waals surface area contributed by atoms with Gasteiger partial charge in [-0.15, -0.1) is 0 Å². The van der Waals surface area contributed by atoms with Gasteiger partial charge in [0, 0.05) is 49.5 Å². The van der Waals surface area contributed by atoms with Crippen LogP contribution >= 0.6 is 0 Å². The summed E-state index contributed by atoms with van der Waals surface area (Å²) in [7, 11) is 0. The van der Waals surface area contributed by atoms with Crippen molar-refractivity contribution in [3.63, 3.8) is 0 Å². The number of hydrogen-bond donors (Lipinski definition) is 0. The zero-order chi connectivity index (χ0) is 37.0. The third-order valence-electron chi connectivity index (χ3n) is 10.8. The first-order valence-corrected chi connectivity index (χ1v) is 18.9. The van der Waals surface area contributed by atoms with Crippen LogP contribution in [-0.2, 0) is 0 Å². The minimum absolute atomic E-state index is 0.624. The van der Waals surface area contributed by atoms with E-state index in [9.17, 15) is 0 Å². The van der Waals surface area contributed by atoms with E-state index in [-0.39, 0.29) is 0 Å². The standard InChI is InChI=1S/C51H33N5/c1-5-17-34(18-6-1)41-31-37(51-53-49(35-19-7-2-8-20-35)52-50(54-51)36-21-9-3-10-22-36)29-30-46(41)56-45-28-16-14-26-40(45)43-32-47-42(33-48(43)56)39-25-13-15-27-44(39)55(47)38-23-11-4-12-24-38/h1-33H. The maximum absolute atomic E-state index is 5.09. The summed E-state index contributed by atoms with van der Waals surface area (Å²) in [5.74, 6) is 1.90. The van der Waals surface area contributed by atoms with Crippen LogP contribution < -0.4 is 0 Å². The van der Waals surface area contributed by atoms with Gasteiger partial charge in [0.1, 0.15) is 0 Å². The van der Waals surface area contributed by atoms with E-state index >= 15 is 0 Å². The topological polar surface area (TPSA) is 48.5 Å². The van der Waals surface area contributed by atoms with Crippen LogP contribution in [0.2, 0.25) is 0 Å². The quantitative estimate of drug-likeness (QED) is 0.172. The molecule has 5 heteroatoms. The third kappa shape index (κ3) is 5.21. The molecule has 0 fully saturated rings. The molecule has 0 spiro atoms. The molecule has 56 heavy (non-hydrogen) atoms. The minimum atomic E-state index is 0.624. The average Bonchev–Trinajstić information content (AvgIpc) is 3.78. The summed E-state index contributed by atoms with van der Waals surface area (Å²) in [5, 5.41) is 4.84. The van der Waals surface area contributed by atoms with Crippen LogP contribution in [0.25, 0.3) is 100 Å². The summed E-state index contributed by atoms with van der Waals surface area (Å²) in [6, 6.07) is 70.4. The predicted molar refractivity (Wildman–Crippen MR) is 230 cm³/mol. The molecule has 0 aliphatic rings. The number of hydrogen-bond acceptors (Lipinski definition) is 3. The summed E-state index contributed by atoms with van der Waals surface area (Å²) >= 11 is 0. The molecule has 3 heterocycles. The fourth-order valence-electron chi connectivity index (χ4n) is 8.20. The zero-order valence-corrected chi connectivity index (χ0v) is 30.3. The Bertz CT molecular complexity index is 3160. The van der Waals surface area contributed by atoms with Gasteiger partial charge < -0.3 is 9.13 Å². The lowest BCUT2D eigenvalue weighted by Gasteiger charge is -2.16. The Morgan fingerprint density at radius 2 is 0.714 bits per heavy atom. The lowest BCUT2D eigenvalue weighted by molar-refractivity contribution is 1.07. The molecule has 0 amide bonds. The van der Waals surface area contributed by atoms with Crippen molar-refractivity contribution in [2.24, 2.45) is 0 Å². The lowest BCUT2D eigenvalue weighted by Crippen LogP contribution is -2.02. The van der Waals surface area contributed by atoms with E-state index in [0.29, 0.717) is 17.5 Å². The van der Waals surface area contributed by atoms with Crippen LogP contribution in [0.5, 0.6) is 0 Å². The Kier molecular flexibility index (Phi) is 7.42. The highest BCUT2D eigenvalue weighted by Crippen LogP contribution is 2.42. The number of aromatic nitrogens is 5. The Morgan fingerprint density at radius 3 is 1.27 bits per heavy atom. The molecular weight excluding hydrogens is 683 g/mol. The smallest absolute Gasteiger partial charge is 0.164 e. The monoisotopic (exact) mass is 715 g/mol. The molecule has 0 saturated heterocycles. The second-order valence-corrected chi connectivity index (χ2v) is 14.1. The van der Waals surface area contributed by atoms with E-state index in [1.165, 1.54) is 32.6 Å². The minimum Gasteiger partial charge on any atom is -0.309 e. The first kappa shape index (κ1) is 31.9. The highest BCUT2D eigenvalue weighted by molar-refractivity contribution is 6.19. The number of fused-ring (bicyclic) bond motifs is 6. The molecule has 0 aliphatic heterocycles. The Hall–Kier alpha value is -7.63. The second kappa shape index (κ2) is 13.0. The van der Waals surface area contributed by atoms with Crippen molar-refractivity contribution in [3.05, 3.63) is 200 Å². The normalized spacial score (nSPS) is 11.6. The predicted octanol–water partition coefficient (Wildman–Crippen LogP) is 12.7. The van der Waals surface area contributed by atoms with Crippen molar-refractivity contribution in [2.75, 3.05) is 0 Å². The maximum Gasteiger partial charge on any atom is 0.164 e. The summed E-state index contributed by atoms with van der Waals surface area (Å²) < 4.78 is 4.82. The van der Waals surface area contributed by atoms with Gasteiger partial charge in [0.2, 0.25) is 0 Å². The molecule has 262 valence electrons. The first-order valence-electron chi connectivity index (χ1n) is 18.9. The summed E-state index contributed by atoms with van der Waals surface area (Å²) in [6.07, 6.45) is 0. The number of rotatable bonds is 6. The van der Waals surface area contributed by atoms with Crippen molar-refractivity contribution in [1.29, 1.82) is 0 Å². The van der Waals surface area contributed by atoms with Crippen LogP contribution in [0, 0.1) is 0 Å². The van der Waals surface area contributed by atoms with E-state index in [4.69, 9.17) is 15.0 Å². The molecule has 11 aromatic rings. The van der Waals surface area contributed by atoms with E-state index in [1.54, 1.807) is 0 Å². The maximum atomic E-state index is 5.09. The molecule has 0 atom stereocenters. The molecular formula is C51H33N5. The number of para-hydroxylation sites is 3. The van der Waals surface area contributed by atoms with Gasteiger partial charge in [-0.2, -0.15) is 0 Å². The SMILES string of the molecule is c1ccc(-c2nc(-c3ccccc3)nc(-c3ccc(-n4c5ccccc5c5cc6c(cc54)c4ccccc4n6-c4ccccc4)c(-c4ccccc4)c3)n2)cc1. The van der Waals surface area contributed by atoms with Gasteiger partial charge >= 0.3 is 0 Å². The van der Waals surface area contributed by atoms with Gasteiger partial charge in [-0.25, -0.2) is 15.0 Å². The fraction of sp³-hybridized carbons (Fsp3) is 0. The number of nitrogens with zero attached hydrogens (tertiary/aromatic N) is 5. The third-order valence-corrected chi connectivity index (χ3v) is 10.8. The first-order chi connectivity index (χ1) is 27.8. The summed E-state index contributed by atoms with van der Waals surface area (Å²) in [4.78, 5) is 15.1. The molecule has 11 rings (SSSR count). The molecule has 0 unspecified atom stereocenters. The van der Waals surface area contributed by atoms with Gasteiger partial charge in [0.25, 0.3) is 0 Å². The van der Waals surface area contributed by atoms with Crippen molar-refractivity contribution in [1.82, 2.24) is 24.1 Å². The molecule has 8 aromatic carbocycles. The zero-order valence-electron chi connectivity index (χ0n) is 30.3. The largest absolute Gasteiger partial charge is 0.309 e. The molecule has 0 N–H and O–H groups in total. The average molecular weight is 716 g/mol. The van der Waals surface area contributed by atoms with E-state index in [1.807, 2.05) is 60.7 Å². The lowest BCUT2D eigenvalue weighted by atomic mass is 10.00. The second-order valence-electron chi connectivity index (χ2n) is 14.1. The van der Waals surface area contributed by atoms with Gasteiger partial charge in [0.05, 0.1) is 27.8 Å². The summed E-state index contributed by atoms with van der Waals surface area (Å²) in [6.45, 7) is 0. The Balaban J connectivity index is 1.18. The number of benzene rings is 8. The van der Waals surface area contributed by atoms with Crippen LogP contribution in [0.1, 0.15) is 0 Å². The van der Waals surface area contributed by atoms with Crippen LogP contribution in [0.3, 0.4) is 0 Å². The van der Waals surface area contributed by atoms with Crippen molar-refractivity contribution in [2.45, 2.75) is 0 Å². The Morgan fingerprint density at radius 1 is 0.286 bits per heavy atom. The van der Waals surface area contributed by atoms with Crippen molar-refractivity contribution >= 4 is 43.6 Å². The van der Waals surface area contributed by atoms with Crippen LogP contribution in [0.15, 0.2) is 200 Å². The Labute approximate surface area is 323 Å². The van der Waals surface area contributed by atoms with Gasteiger partial charge in [-0.05, 0) is 60.2 Å². The summed E-state index contributed by atoms with van der Waals surface area (Å²) in [5.41, 5.74) is 11.9. The molecule has 3 aromatic heterocycles. The molecule has 0 radical (unpaired) electrons. The fourth-order valence-corrected chi connectivity index (χ4v) is 8.20. The molecule has 0 bridgehead atoms. The van der Waals surface area contributed by atoms with Gasteiger partial charge in [-0.3, -0.25) is 0 Å². The van der Waals surface area contributed by atoms with Crippen LogP contribution in [0.4, 0.5) is 0 Å².